The number of nitrogens with zero attached hydrogens (tertiary/aromatic N) is 2. The van der Waals surface area contributed by atoms with Crippen LogP contribution in [0.15, 0.2) is 24.5 Å². The maximum Gasteiger partial charge on any atom is 0.337 e. The molecular formula is C13H14N4O3. The summed E-state index contributed by atoms with van der Waals surface area (Å²) in [5.74, 6) is -1.42. The van der Waals surface area contributed by atoms with Gasteiger partial charge in [0.1, 0.15) is 5.69 Å². The van der Waals surface area contributed by atoms with Crippen molar-refractivity contribution in [2.24, 2.45) is 0 Å². The third kappa shape index (κ3) is 2.82. The maximum absolute atomic E-state index is 12.0. The first-order valence-corrected chi connectivity index (χ1v) is 5.99. The SMILES string of the molecule is Cc1nc(C(=O)NC(C)c2cn[nH]c2)ccc1C(=O)O. The minimum absolute atomic E-state index is 0.0874. The van der Waals surface area contributed by atoms with E-state index in [9.17, 15) is 9.59 Å². The van der Waals surface area contributed by atoms with Gasteiger partial charge >= 0.3 is 5.97 Å². The molecule has 104 valence electrons. The van der Waals surface area contributed by atoms with Gasteiger partial charge < -0.3 is 10.4 Å². The van der Waals surface area contributed by atoms with Gasteiger partial charge in [0.05, 0.1) is 23.5 Å². The molecule has 0 fully saturated rings. The van der Waals surface area contributed by atoms with Crippen molar-refractivity contribution in [1.82, 2.24) is 20.5 Å². The van der Waals surface area contributed by atoms with E-state index in [0.29, 0.717) is 5.69 Å². The van der Waals surface area contributed by atoms with Crippen molar-refractivity contribution in [1.29, 1.82) is 0 Å². The Balaban J connectivity index is 2.14. The Morgan fingerprint density at radius 1 is 1.40 bits per heavy atom. The van der Waals surface area contributed by atoms with E-state index >= 15 is 0 Å². The number of rotatable bonds is 4. The Labute approximate surface area is 115 Å². The molecule has 0 bridgehead atoms. The first-order valence-electron chi connectivity index (χ1n) is 5.99. The van der Waals surface area contributed by atoms with Gasteiger partial charge in [-0.05, 0) is 26.0 Å². The summed E-state index contributed by atoms with van der Waals surface area (Å²) >= 11 is 0. The summed E-state index contributed by atoms with van der Waals surface area (Å²) in [4.78, 5) is 26.9. The largest absolute Gasteiger partial charge is 0.478 e. The Morgan fingerprint density at radius 2 is 2.15 bits per heavy atom. The van der Waals surface area contributed by atoms with Crippen molar-refractivity contribution < 1.29 is 14.7 Å². The van der Waals surface area contributed by atoms with Gasteiger partial charge in [-0.3, -0.25) is 9.89 Å². The van der Waals surface area contributed by atoms with Crippen LogP contribution in [0, 0.1) is 6.92 Å². The van der Waals surface area contributed by atoms with Crippen molar-refractivity contribution in [3.05, 3.63) is 47.0 Å². The lowest BCUT2D eigenvalue weighted by atomic mass is 10.1. The number of carboxylic acid groups (broad SMARTS) is 1. The van der Waals surface area contributed by atoms with Crippen LogP contribution in [0.1, 0.15) is 45.1 Å². The number of amides is 1. The van der Waals surface area contributed by atoms with Crippen LogP contribution < -0.4 is 5.32 Å². The van der Waals surface area contributed by atoms with Crippen LogP contribution in [0.4, 0.5) is 0 Å². The summed E-state index contributed by atoms with van der Waals surface area (Å²) in [6, 6.07) is 2.55. The van der Waals surface area contributed by atoms with Gasteiger partial charge in [0, 0.05) is 11.8 Å². The summed E-state index contributed by atoms with van der Waals surface area (Å²) in [6.45, 7) is 3.38. The van der Waals surface area contributed by atoms with Crippen molar-refractivity contribution >= 4 is 11.9 Å². The van der Waals surface area contributed by atoms with Crippen LogP contribution in [0.3, 0.4) is 0 Å². The fraction of sp³-hybridized carbons (Fsp3) is 0.231. The van der Waals surface area contributed by atoms with Gasteiger partial charge in [-0.1, -0.05) is 0 Å². The summed E-state index contributed by atoms with van der Waals surface area (Å²) < 4.78 is 0. The molecule has 20 heavy (non-hydrogen) atoms. The van der Waals surface area contributed by atoms with Crippen molar-refractivity contribution in [2.45, 2.75) is 19.9 Å². The van der Waals surface area contributed by atoms with Gasteiger partial charge in [0.2, 0.25) is 0 Å². The molecule has 0 aliphatic carbocycles. The van der Waals surface area contributed by atoms with Crippen LogP contribution >= 0.6 is 0 Å². The zero-order chi connectivity index (χ0) is 14.7. The number of carboxylic acids is 1. The number of aromatic carboxylic acids is 1. The molecule has 7 nitrogen and oxygen atoms in total. The highest BCUT2D eigenvalue weighted by Gasteiger charge is 2.15. The number of hydrogen-bond acceptors (Lipinski definition) is 4. The quantitative estimate of drug-likeness (QED) is 0.778. The summed E-state index contributed by atoms with van der Waals surface area (Å²) in [7, 11) is 0. The minimum atomic E-state index is -1.06. The van der Waals surface area contributed by atoms with Gasteiger partial charge in [-0.25, -0.2) is 9.78 Å². The fourth-order valence-corrected chi connectivity index (χ4v) is 1.77. The van der Waals surface area contributed by atoms with Gasteiger partial charge in [-0.2, -0.15) is 5.10 Å². The lowest BCUT2D eigenvalue weighted by molar-refractivity contribution is 0.0694. The van der Waals surface area contributed by atoms with E-state index < -0.39 is 5.97 Å². The molecule has 0 aliphatic heterocycles. The number of pyridine rings is 1. The molecule has 1 unspecified atom stereocenters. The molecule has 0 radical (unpaired) electrons. The molecule has 2 heterocycles. The molecule has 0 aliphatic rings. The highest BCUT2D eigenvalue weighted by atomic mass is 16.4. The molecule has 0 aromatic carbocycles. The summed E-state index contributed by atoms with van der Waals surface area (Å²) in [5, 5.41) is 18.2. The van der Waals surface area contributed by atoms with Crippen LogP contribution in [0.25, 0.3) is 0 Å². The maximum atomic E-state index is 12.0. The van der Waals surface area contributed by atoms with Gasteiger partial charge in [0.25, 0.3) is 5.91 Å². The number of aromatic amines is 1. The number of H-pyrrole nitrogens is 1. The fourth-order valence-electron chi connectivity index (χ4n) is 1.77. The second-order valence-corrected chi connectivity index (χ2v) is 4.36. The van der Waals surface area contributed by atoms with Crippen LogP contribution in [0.5, 0.6) is 0 Å². The first-order chi connectivity index (χ1) is 9.49. The van der Waals surface area contributed by atoms with Crippen LogP contribution in [-0.2, 0) is 0 Å². The zero-order valence-electron chi connectivity index (χ0n) is 11.0. The number of hydrogen-bond donors (Lipinski definition) is 3. The molecule has 0 saturated carbocycles. The average Bonchev–Trinajstić information content (AvgIpc) is 2.91. The molecule has 2 rings (SSSR count). The monoisotopic (exact) mass is 274 g/mol. The topological polar surface area (TPSA) is 108 Å². The standard InChI is InChI=1S/C13H14N4O3/c1-7(9-5-14-15-6-9)17-12(18)11-4-3-10(13(19)20)8(2)16-11/h3-7H,1-2H3,(H,14,15)(H,17,18)(H,19,20). The normalized spacial score (nSPS) is 11.9. The van der Waals surface area contributed by atoms with Crippen molar-refractivity contribution in [2.75, 3.05) is 0 Å². The highest BCUT2D eigenvalue weighted by Crippen LogP contribution is 2.11. The Morgan fingerprint density at radius 3 is 2.70 bits per heavy atom. The Bertz CT molecular complexity index is 637. The van der Waals surface area contributed by atoms with E-state index in [1.165, 1.54) is 12.1 Å². The molecule has 7 heteroatoms. The second kappa shape index (κ2) is 5.52. The first kappa shape index (κ1) is 13.7. The lowest BCUT2D eigenvalue weighted by Gasteiger charge is -2.12. The molecule has 0 saturated heterocycles. The number of carbonyl (C=O) groups excluding carboxylic acids is 1. The molecule has 2 aromatic rings. The highest BCUT2D eigenvalue weighted by molar-refractivity contribution is 5.94. The molecule has 3 N–H and O–H groups in total. The molecule has 0 spiro atoms. The number of carbonyl (C=O) groups is 2. The summed E-state index contributed by atoms with van der Waals surface area (Å²) in [6.07, 6.45) is 3.31. The minimum Gasteiger partial charge on any atom is -0.478 e. The third-order valence-electron chi connectivity index (χ3n) is 2.92. The molecule has 1 atom stereocenters. The number of aromatic nitrogens is 3. The van der Waals surface area contributed by atoms with E-state index in [0.717, 1.165) is 5.56 Å². The number of nitrogens with one attached hydrogen (secondary N) is 2. The molecule has 1 amide bonds. The van der Waals surface area contributed by atoms with Crippen molar-refractivity contribution in [3.63, 3.8) is 0 Å². The predicted octanol–water partition coefficient (Wildman–Crippen LogP) is 1.30. The van der Waals surface area contributed by atoms with E-state index in [2.05, 4.69) is 20.5 Å². The second-order valence-electron chi connectivity index (χ2n) is 4.36. The Kier molecular flexibility index (Phi) is 3.79. The van der Waals surface area contributed by atoms with Gasteiger partial charge in [-0.15, -0.1) is 0 Å². The van der Waals surface area contributed by atoms with E-state index in [1.807, 2.05) is 6.92 Å². The lowest BCUT2D eigenvalue weighted by Crippen LogP contribution is -2.27. The van der Waals surface area contributed by atoms with E-state index in [-0.39, 0.29) is 23.2 Å². The third-order valence-corrected chi connectivity index (χ3v) is 2.92. The van der Waals surface area contributed by atoms with E-state index in [4.69, 9.17) is 5.11 Å². The molecule has 2 aromatic heterocycles. The van der Waals surface area contributed by atoms with Gasteiger partial charge in [0.15, 0.2) is 0 Å². The number of aryl methyl sites for hydroxylation is 1. The average molecular weight is 274 g/mol. The summed E-state index contributed by atoms with van der Waals surface area (Å²) in [5.41, 5.74) is 1.42. The van der Waals surface area contributed by atoms with Crippen LogP contribution in [0.2, 0.25) is 0 Å². The molecular weight excluding hydrogens is 260 g/mol. The van der Waals surface area contributed by atoms with Crippen LogP contribution in [-0.4, -0.2) is 32.2 Å². The smallest absolute Gasteiger partial charge is 0.337 e. The van der Waals surface area contributed by atoms with Crippen molar-refractivity contribution in [3.8, 4) is 0 Å². The zero-order valence-corrected chi connectivity index (χ0v) is 11.0. The Hall–Kier alpha value is -2.70. The predicted molar refractivity (Wildman–Crippen MR) is 70.4 cm³/mol. The van der Waals surface area contributed by atoms with E-state index in [1.54, 1.807) is 19.3 Å².